The summed E-state index contributed by atoms with van der Waals surface area (Å²) in [5.41, 5.74) is -1.85. The van der Waals surface area contributed by atoms with Crippen LogP contribution in [0, 0.1) is 14.9 Å². The molecule has 3 nitrogen and oxygen atoms in total. The predicted octanol–water partition coefficient (Wildman–Crippen LogP) is 3.67. The Morgan fingerprint density at radius 3 is 2.26 bits per heavy atom. The van der Waals surface area contributed by atoms with Gasteiger partial charge in [-0.25, -0.2) is 4.98 Å². The Kier molecular flexibility index (Phi) is 4.49. The summed E-state index contributed by atoms with van der Waals surface area (Å²) in [5, 5.41) is 8.45. The standard InChI is InChI=1S/C9H3F6IN2O/c10-8(11,12)5-3-18-7(19-9(13,14)15)6(16)4(5)1-2-17/h3H,1H2. The van der Waals surface area contributed by atoms with Crippen molar-refractivity contribution < 1.29 is 31.1 Å². The Balaban J connectivity index is 3.36. The zero-order valence-corrected chi connectivity index (χ0v) is 10.9. The van der Waals surface area contributed by atoms with Gasteiger partial charge in [-0.15, -0.1) is 13.2 Å². The first-order valence-electron chi connectivity index (χ1n) is 4.43. The molecule has 0 fully saturated rings. The minimum Gasteiger partial charge on any atom is -0.387 e. The molecule has 1 aromatic heterocycles. The van der Waals surface area contributed by atoms with Crippen LogP contribution < -0.4 is 4.74 Å². The van der Waals surface area contributed by atoms with Gasteiger partial charge in [-0.05, 0) is 28.2 Å². The second kappa shape index (κ2) is 5.40. The van der Waals surface area contributed by atoms with E-state index in [0.29, 0.717) is 0 Å². The first kappa shape index (κ1) is 15.8. The molecule has 0 bridgehead atoms. The predicted molar refractivity (Wildman–Crippen MR) is 58.0 cm³/mol. The molecule has 0 aromatic carbocycles. The highest BCUT2D eigenvalue weighted by atomic mass is 127. The summed E-state index contributed by atoms with van der Waals surface area (Å²) in [4.78, 5) is 2.99. The van der Waals surface area contributed by atoms with Crippen LogP contribution >= 0.6 is 22.6 Å². The first-order valence-corrected chi connectivity index (χ1v) is 5.51. The number of nitrogens with zero attached hydrogens (tertiary/aromatic N) is 2. The largest absolute Gasteiger partial charge is 0.574 e. The van der Waals surface area contributed by atoms with E-state index in [2.05, 4.69) is 9.72 Å². The third-order valence-electron chi connectivity index (χ3n) is 1.86. The number of halogens is 7. The lowest BCUT2D eigenvalue weighted by Gasteiger charge is -2.15. The Hall–Kier alpha value is -1.25. The smallest absolute Gasteiger partial charge is 0.387 e. The van der Waals surface area contributed by atoms with Crippen molar-refractivity contribution in [3.05, 3.63) is 20.9 Å². The van der Waals surface area contributed by atoms with Gasteiger partial charge in [0.2, 0.25) is 5.88 Å². The molecule has 19 heavy (non-hydrogen) atoms. The minimum absolute atomic E-state index is 0.218. The average Bonchev–Trinajstić information content (AvgIpc) is 2.20. The molecule has 0 aliphatic rings. The SMILES string of the molecule is N#CCc1c(C(F)(F)F)cnc(OC(F)(F)F)c1I. The molecular weight excluding hydrogens is 393 g/mol. The van der Waals surface area contributed by atoms with Crippen molar-refractivity contribution in [3.8, 4) is 11.9 Å². The molecule has 0 saturated carbocycles. The summed E-state index contributed by atoms with van der Waals surface area (Å²) >= 11 is 1.23. The molecule has 1 rings (SSSR count). The lowest BCUT2D eigenvalue weighted by atomic mass is 10.1. The number of alkyl halides is 6. The van der Waals surface area contributed by atoms with Gasteiger partial charge in [0.1, 0.15) is 0 Å². The van der Waals surface area contributed by atoms with E-state index in [4.69, 9.17) is 5.26 Å². The van der Waals surface area contributed by atoms with Crippen LogP contribution in [0.2, 0.25) is 0 Å². The van der Waals surface area contributed by atoms with Gasteiger partial charge in [0.05, 0.1) is 21.6 Å². The Labute approximate surface area is 116 Å². The number of hydrogen-bond acceptors (Lipinski definition) is 3. The molecule has 0 unspecified atom stereocenters. The van der Waals surface area contributed by atoms with Crippen LogP contribution in [0.15, 0.2) is 6.20 Å². The topological polar surface area (TPSA) is 45.9 Å². The summed E-state index contributed by atoms with van der Waals surface area (Å²) in [5.74, 6) is -1.01. The summed E-state index contributed by atoms with van der Waals surface area (Å²) in [6.45, 7) is 0. The van der Waals surface area contributed by atoms with Crippen molar-refractivity contribution in [1.82, 2.24) is 4.98 Å². The van der Waals surface area contributed by atoms with E-state index < -0.39 is 39.5 Å². The molecule has 104 valence electrons. The van der Waals surface area contributed by atoms with Crippen molar-refractivity contribution in [2.75, 3.05) is 0 Å². The summed E-state index contributed by atoms with van der Waals surface area (Å²) in [7, 11) is 0. The first-order chi connectivity index (χ1) is 8.56. The van der Waals surface area contributed by atoms with Crippen LogP contribution in [0.5, 0.6) is 5.88 Å². The molecule has 10 heteroatoms. The number of nitriles is 1. The zero-order chi connectivity index (χ0) is 14.8. The monoisotopic (exact) mass is 396 g/mol. The van der Waals surface area contributed by atoms with Gasteiger partial charge in [-0.1, -0.05) is 0 Å². The Bertz CT molecular complexity index is 519. The quantitative estimate of drug-likeness (QED) is 0.567. The Morgan fingerprint density at radius 2 is 1.84 bits per heavy atom. The van der Waals surface area contributed by atoms with Crippen LogP contribution in [-0.4, -0.2) is 11.3 Å². The molecule has 0 amide bonds. The van der Waals surface area contributed by atoms with Crippen molar-refractivity contribution in [2.45, 2.75) is 19.0 Å². The molecule has 0 aliphatic carbocycles. The van der Waals surface area contributed by atoms with Gasteiger partial charge in [0, 0.05) is 6.20 Å². The maximum atomic E-state index is 12.6. The molecule has 0 atom stereocenters. The maximum Gasteiger partial charge on any atom is 0.574 e. The van der Waals surface area contributed by atoms with Crippen molar-refractivity contribution in [1.29, 1.82) is 5.26 Å². The van der Waals surface area contributed by atoms with E-state index in [0.717, 1.165) is 0 Å². The Morgan fingerprint density at radius 1 is 1.26 bits per heavy atom. The van der Waals surface area contributed by atoms with E-state index in [-0.39, 0.29) is 6.20 Å². The average molecular weight is 396 g/mol. The van der Waals surface area contributed by atoms with Gasteiger partial charge in [0.25, 0.3) is 0 Å². The van der Waals surface area contributed by atoms with Gasteiger partial charge in [0.15, 0.2) is 0 Å². The van der Waals surface area contributed by atoms with E-state index in [1.165, 1.54) is 28.7 Å². The van der Waals surface area contributed by atoms with Crippen molar-refractivity contribution in [2.24, 2.45) is 0 Å². The highest BCUT2D eigenvalue weighted by molar-refractivity contribution is 14.1. The van der Waals surface area contributed by atoms with E-state index in [9.17, 15) is 26.3 Å². The molecule has 0 spiro atoms. The van der Waals surface area contributed by atoms with Crippen LogP contribution in [0.25, 0.3) is 0 Å². The van der Waals surface area contributed by atoms with Crippen LogP contribution in [0.1, 0.15) is 11.1 Å². The van der Waals surface area contributed by atoms with Crippen molar-refractivity contribution in [3.63, 3.8) is 0 Å². The fraction of sp³-hybridized carbons (Fsp3) is 0.333. The molecule has 1 heterocycles. The molecule has 1 aromatic rings. The van der Waals surface area contributed by atoms with Crippen molar-refractivity contribution >= 4 is 22.6 Å². The van der Waals surface area contributed by atoms with E-state index >= 15 is 0 Å². The minimum atomic E-state index is -5.07. The number of pyridine rings is 1. The number of aromatic nitrogens is 1. The summed E-state index contributed by atoms with van der Waals surface area (Å²) < 4.78 is 76.9. The van der Waals surface area contributed by atoms with Crippen LogP contribution in [0.4, 0.5) is 26.3 Å². The highest BCUT2D eigenvalue weighted by Gasteiger charge is 2.38. The number of hydrogen-bond donors (Lipinski definition) is 0. The third kappa shape index (κ3) is 4.12. The normalized spacial score (nSPS) is 12.1. The highest BCUT2D eigenvalue weighted by Crippen LogP contribution is 2.37. The zero-order valence-electron chi connectivity index (χ0n) is 8.73. The fourth-order valence-electron chi connectivity index (χ4n) is 1.18. The molecule has 0 N–H and O–H groups in total. The lowest BCUT2D eigenvalue weighted by molar-refractivity contribution is -0.276. The van der Waals surface area contributed by atoms with E-state index in [1.807, 2.05) is 0 Å². The molecular formula is C9H3F6IN2O. The fourth-order valence-corrected chi connectivity index (χ4v) is 1.91. The van der Waals surface area contributed by atoms with Gasteiger partial charge in [-0.2, -0.15) is 18.4 Å². The summed E-state index contributed by atoms with van der Waals surface area (Å²) in [6.07, 6.45) is -10.4. The number of ether oxygens (including phenoxy) is 1. The lowest BCUT2D eigenvalue weighted by Crippen LogP contribution is -2.20. The van der Waals surface area contributed by atoms with Gasteiger partial charge < -0.3 is 4.74 Å². The van der Waals surface area contributed by atoms with Gasteiger partial charge in [-0.3, -0.25) is 0 Å². The molecule has 0 aliphatic heterocycles. The maximum absolute atomic E-state index is 12.6. The van der Waals surface area contributed by atoms with Crippen LogP contribution in [-0.2, 0) is 12.6 Å². The third-order valence-corrected chi connectivity index (χ3v) is 2.97. The molecule has 0 saturated heterocycles. The van der Waals surface area contributed by atoms with E-state index in [1.54, 1.807) is 0 Å². The van der Waals surface area contributed by atoms with Gasteiger partial charge >= 0.3 is 12.5 Å². The second-order valence-electron chi connectivity index (χ2n) is 3.15. The summed E-state index contributed by atoms with van der Waals surface area (Å²) in [6, 6.07) is 1.46. The van der Waals surface area contributed by atoms with Crippen LogP contribution in [0.3, 0.4) is 0 Å². The number of rotatable bonds is 2. The molecule has 0 radical (unpaired) electrons. The second-order valence-corrected chi connectivity index (χ2v) is 4.23.